The number of nitrogens with one attached hydrogen (secondary N) is 1. The van der Waals surface area contributed by atoms with E-state index in [4.69, 9.17) is 0 Å². The van der Waals surface area contributed by atoms with Gasteiger partial charge in [0.05, 0.1) is 6.04 Å². The van der Waals surface area contributed by atoms with Crippen molar-refractivity contribution in [1.29, 1.82) is 0 Å². The third kappa shape index (κ3) is 3.16. The van der Waals surface area contributed by atoms with E-state index in [0.29, 0.717) is 17.9 Å². The van der Waals surface area contributed by atoms with Crippen LogP contribution >= 0.6 is 11.3 Å². The Morgan fingerprint density at radius 1 is 1.29 bits per heavy atom. The van der Waals surface area contributed by atoms with Crippen LogP contribution in [-0.4, -0.2) is 22.9 Å². The Labute approximate surface area is 132 Å². The van der Waals surface area contributed by atoms with E-state index in [9.17, 15) is 4.79 Å². The largest absolute Gasteiger partial charge is 0.317 e. The second-order valence-corrected chi connectivity index (χ2v) is 7.39. The fraction of sp³-hybridized carbons (Fsp3) is 0.706. The minimum atomic E-state index is -0.0464. The van der Waals surface area contributed by atoms with Crippen LogP contribution in [0.25, 0.3) is 0 Å². The molecule has 0 radical (unpaired) electrons. The van der Waals surface area contributed by atoms with E-state index in [1.54, 1.807) is 11.3 Å². The zero-order chi connectivity index (χ0) is 15.6. The molecule has 1 amide bonds. The van der Waals surface area contributed by atoms with Gasteiger partial charge in [-0.25, -0.2) is 0 Å². The van der Waals surface area contributed by atoms with Crippen LogP contribution in [0.15, 0.2) is 17.5 Å². The van der Waals surface area contributed by atoms with Crippen LogP contribution in [-0.2, 0) is 4.79 Å². The topological polar surface area (TPSA) is 32.3 Å². The Morgan fingerprint density at radius 2 is 2.00 bits per heavy atom. The van der Waals surface area contributed by atoms with Crippen molar-refractivity contribution in [2.24, 2.45) is 11.8 Å². The molecule has 1 saturated heterocycles. The second-order valence-electron chi connectivity index (χ2n) is 6.41. The Morgan fingerprint density at radius 3 is 2.48 bits per heavy atom. The van der Waals surface area contributed by atoms with E-state index in [1.807, 2.05) is 0 Å². The summed E-state index contributed by atoms with van der Waals surface area (Å²) in [4.78, 5) is 16.3. The zero-order valence-corrected chi connectivity index (χ0v) is 14.6. The normalized spacial score (nSPS) is 25.6. The molecular formula is C17H28N2OS. The van der Waals surface area contributed by atoms with Gasteiger partial charge in [-0.2, -0.15) is 0 Å². The van der Waals surface area contributed by atoms with E-state index >= 15 is 0 Å². The summed E-state index contributed by atoms with van der Waals surface area (Å²) in [5, 5.41) is 5.69. The molecule has 0 bridgehead atoms. The molecule has 0 saturated carbocycles. The first kappa shape index (κ1) is 16.5. The zero-order valence-electron chi connectivity index (χ0n) is 13.8. The van der Waals surface area contributed by atoms with Crippen molar-refractivity contribution in [1.82, 2.24) is 10.2 Å². The fourth-order valence-electron chi connectivity index (χ4n) is 3.26. The molecule has 1 aliphatic heterocycles. The van der Waals surface area contributed by atoms with Gasteiger partial charge in [0.15, 0.2) is 0 Å². The van der Waals surface area contributed by atoms with Gasteiger partial charge in [0.2, 0.25) is 5.91 Å². The average molecular weight is 308 g/mol. The molecule has 4 atom stereocenters. The molecule has 4 unspecified atom stereocenters. The maximum Gasteiger partial charge on any atom is 0.241 e. The van der Waals surface area contributed by atoms with E-state index < -0.39 is 0 Å². The number of carbonyl (C=O) groups excluding carboxylic acids is 1. The molecule has 1 aliphatic rings. The van der Waals surface area contributed by atoms with Gasteiger partial charge in [0.1, 0.15) is 6.17 Å². The van der Waals surface area contributed by atoms with E-state index in [1.165, 1.54) is 4.88 Å². The predicted octanol–water partition coefficient (Wildman–Crippen LogP) is 4.03. The standard InChI is InChI=1S/C17H28N2OS/c1-6-12(5)15-17(20)19(13(7-2)11(3)4)16(18-15)14-9-8-10-21-14/h8-13,15-16,18H,6-7H2,1-5H3. The predicted molar refractivity (Wildman–Crippen MR) is 89.2 cm³/mol. The summed E-state index contributed by atoms with van der Waals surface area (Å²) in [6.07, 6.45) is 2.07. The van der Waals surface area contributed by atoms with Crippen LogP contribution in [0.2, 0.25) is 0 Å². The highest BCUT2D eigenvalue weighted by molar-refractivity contribution is 7.10. The summed E-state index contributed by atoms with van der Waals surface area (Å²) in [6.45, 7) is 10.9. The lowest BCUT2D eigenvalue weighted by molar-refractivity contribution is -0.134. The molecule has 118 valence electrons. The van der Waals surface area contributed by atoms with Gasteiger partial charge in [0.25, 0.3) is 0 Å². The number of amides is 1. The summed E-state index contributed by atoms with van der Waals surface area (Å²) in [7, 11) is 0. The monoisotopic (exact) mass is 308 g/mol. The van der Waals surface area contributed by atoms with Gasteiger partial charge in [-0.1, -0.05) is 47.1 Å². The molecule has 2 rings (SSSR count). The van der Waals surface area contributed by atoms with Crippen molar-refractivity contribution >= 4 is 17.2 Å². The van der Waals surface area contributed by atoms with Gasteiger partial charge in [0, 0.05) is 10.9 Å². The van der Waals surface area contributed by atoms with Crippen LogP contribution in [0.4, 0.5) is 0 Å². The molecule has 1 aromatic heterocycles. The first-order chi connectivity index (χ1) is 10.0. The van der Waals surface area contributed by atoms with Crippen molar-refractivity contribution in [3.63, 3.8) is 0 Å². The van der Waals surface area contributed by atoms with E-state index in [2.05, 4.69) is 62.3 Å². The molecule has 1 N–H and O–H groups in total. The molecule has 4 heteroatoms. The summed E-state index contributed by atoms with van der Waals surface area (Å²) in [6, 6.07) is 4.45. The van der Waals surface area contributed by atoms with E-state index in [0.717, 1.165) is 12.8 Å². The maximum absolute atomic E-state index is 13.0. The highest BCUT2D eigenvalue weighted by Crippen LogP contribution is 2.35. The van der Waals surface area contributed by atoms with Gasteiger partial charge < -0.3 is 4.90 Å². The second kappa shape index (κ2) is 6.93. The number of hydrogen-bond donors (Lipinski definition) is 1. The summed E-state index contributed by atoms with van der Waals surface area (Å²) in [5.41, 5.74) is 0. The molecule has 0 aromatic carbocycles. The van der Waals surface area contributed by atoms with Gasteiger partial charge >= 0.3 is 0 Å². The minimum absolute atomic E-state index is 0.0452. The lowest BCUT2D eigenvalue weighted by atomic mass is 9.96. The number of rotatable bonds is 6. The number of carbonyl (C=O) groups is 1. The van der Waals surface area contributed by atoms with Crippen LogP contribution in [0.3, 0.4) is 0 Å². The quantitative estimate of drug-likeness (QED) is 0.860. The molecule has 1 fully saturated rings. The van der Waals surface area contributed by atoms with E-state index in [-0.39, 0.29) is 18.1 Å². The summed E-state index contributed by atoms with van der Waals surface area (Å²) in [5.74, 6) is 1.12. The van der Waals surface area contributed by atoms with Crippen molar-refractivity contribution in [2.45, 2.75) is 65.7 Å². The maximum atomic E-state index is 13.0. The van der Waals surface area contributed by atoms with Crippen molar-refractivity contribution in [2.75, 3.05) is 0 Å². The molecule has 0 aliphatic carbocycles. The SMILES string of the molecule is CCC(C)C1NC(c2cccs2)N(C(CC)C(C)C)C1=O. The molecule has 0 spiro atoms. The van der Waals surface area contributed by atoms with Crippen molar-refractivity contribution in [3.8, 4) is 0 Å². The van der Waals surface area contributed by atoms with Crippen LogP contribution in [0.1, 0.15) is 58.5 Å². The molecule has 1 aromatic rings. The van der Waals surface area contributed by atoms with Crippen LogP contribution in [0.5, 0.6) is 0 Å². The Kier molecular flexibility index (Phi) is 5.44. The number of thiophene rings is 1. The number of nitrogens with zero attached hydrogens (tertiary/aromatic N) is 1. The van der Waals surface area contributed by atoms with Gasteiger partial charge in [-0.15, -0.1) is 11.3 Å². The average Bonchev–Trinajstić information content (AvgIpc) is 3.08. The molecule has 2 heterocycles. The smallest absolute Gasteiger partial charge is 0.241 e. The van der Waals surface area contributed by atoms with Gasteiger partial charge in [-0.05, 0) is 29.7 Å². The van der Waals surface area contributed by atoms with Crippen LogP contribution < -0.4 is 5.32 Å². The highest BCUT2D eigenvalue weighted by atomic mass is 32.1. The minimum Gasteiger partial charge on any atom is -0.317 e. The van der Waals surface area contributed by atoms with Gasteiger partial charge in [-0.3, -0.25) is 10.1 Å². The summed E-state index contributed by atoms with van der Waals surface area (Å²) >= 11 is 1.73. The lowest BCUT2D eigenvalue weighted by Gasteiger charge is -2.34. The summed E-state index contributed by atoms with van der Waals surface area (Å²) < 4.78 is 0. The Hall–Kier alpha value is -0.870. The van der Waals surface area contributed by atoms with Crippen molar-refractivity contribution in [3.05, 3.63) is 22.4 Å². The fourth-order valence-corrected chi connectivity index (χ4v) is 4.05. The third-order valence-corrected chi connectivity index (χ3v) is 5.63. The Balaban J connectivity index is 2.34. The molecule has 3 nitrogen and oxygen atoms in total. The molecule has 21 heavy (non-hydrogen) atoms. The lowest BCUT2D eigenvalue weighted by Crippen LogP contribution is -2.43. The van der Waals surface area contributed by atoms with Crippen LogP contribution in [0, 0.1) is 11.8 Å². The first-order valence-electron chi connectivity index (χ1n) is 8.12. The Bertz CT molecular complexity index is 457. The van der Waals surface area contributed by atoms with Crippen molar-refractivity contribution < 1.29 is 4.79 Å². The number of hydrogen-bond acceptors (Lipinski definition) is 3. The third-order valence-electron chi connectivity index (χ3n) is 4.71. The first-order valence-corrected chi connectivity index (χ1v) is 9.00. The highest BCUT2D eigenvalue weighted by Gasteiger charge is 2.45. The molecular weight excluding hydrogens is 280 g/mol.